The summed E-state index contributed by atoms with van der Waals surface area (Å²) in [6.07, 6.45) is 3.46. The van der Waals surface area contributed by atoms with E-state index >= 15 is 0 Å². The summed E-state index contributed by atoms with van der Waals surface area (Å²) < 4.78 is 5.45. The van der Waals surface area contributed by atoms with E-state index in [1.165, 1.54) is 5.56 Å². The van der Waals surface area contributed by atoms with Crippen molar-refractivity contribution < 1.29 is 4.74 Å². The van der Waals surface area contributed by atoms with E-state index in [-0.39, 0.29) is 6.04 Å². The maximum absolute atomic E-state index is 6.18. The lowest BCUT2D eigenvalue weighted by molar-refractivity contribution is 0.403. The molecule has 0 aliphatic rings. The third-order valence-corrected chi connectivity index (χ3v) is 3.06. The predicted octanol–water partition coefficient (Wildman–Crippen LogP) is 2.08. The topological polar surface area (TPSA) is 63.9 Å². The number of imidazole rings is 1. The van der Waals surface area contributed by atoms with Crippen LogP contribution in [0.4, 0.5) is 0 Å². The van der Waals surface area contributed by atoms with Gasteiger partial charge in [-0.3, -0.25) is 0 Å². The van der Waals surface area contributed by atoms with Gasteiger partial charge < -0.3 is 15.5 Å². The van der Waals surface area contributed by atoms with Crippen LogP contribution in [0.5, 0.6) is 5.75 Å². The second-order valence-corrected chi connectivity index (χ2v) is 4.08. The van der Waals surface area contributed by atoms with E-state index in [2.05, 4.69) is 23.0 Å². The average molecular weight is 231 g/mol. The molecule has 0 aliphatic heterocycles. The first-order chi connectivity index (χ1) is 8.15. The van der Waals surface area contributed by atoms with Gasteiger partial charge in [0.15, 0.2) is 0 Å². The summed E-state index contributed by atoms with van der Waals surface area (Å²) in [6, 6.07) is 3.75. The molecule has 4 nitrogen and oxygen atoms in total. The Morgan fingerprint density at radius 2 is 2.12 bits per heavy atom. The fourth-order valence-corrected chi connectivity index (χ4v) is 1.92. The second-order valence-electron chi connectivity index (χ2n) is 4.08. The van der Waals surface area contributed by atoms with Crippen molar-refractivity contribution in [2.75, 3.05) is 7.11 Å². The molecule has 0 fully saturated rings. The lowest BCUT2D eigenvalue weighted by atomic mass is 9.99. The number of nitrogens with one attached hydrogen (secondary N) is 1. The van der Waals surface area contributed by atoms with Gasteiger partial charge in [0.1, 0.15) is 11.6 Å². The number of rotatable bonds is 3. The van der Waals surface area contributed by atoms with Gasteiger partial charge in [-0.25, -0.2) is 4.98 Å². The largest absolute Gasteiger partial charge is 0.496 e. The number of aromatic nitrogens is 2. The van der Waals surface area contributed by atoms with Gasteiger partial charge in [0, 0.05) is 18.0 Å². The van der Waals surface area contributed by atoms with E-state index in [0.29, 0.717) is 0 Å². The van der Waals surface area contributed by atoms with Gasteiger partial charge in [-0.2, -0.15) is 0 Å². The third-order valence-electron chi connectivity index (χ3n) is 3.06. The van der Waals surface area contributed by atoms with Crippen molar-refractivity contribution in [3.8, 4) is 5.75 Å². The Morgan fingerprint density at radius 1 is 1.35 bits per heavy atom. The number of nitrogens with two attached hydrogens (primary N) is 1. The van der Waals surface area contributed by atoms with Gasteiger partial charge in [-0.1, -0.05) is 12.1 Å². The van der Waals surface area contributed by atoms with Gasteiger partial charge in [-0.15, -0.1) is 0 Å². The molecule has 0 aliphatic carbocycles. The molecule has 1 unspecified atom stereocenters. The lowest BCUT2D eigenvalue weighted by Crippen LogP contribution is -2.15. The zero-order chi connectivity index (χ0) is 12.4. The Kier molecular flexibility index (Phi) is 3.15. The van der Waals surface area contributed by atoms with E-state index in [1.54, 1.807) is 19.5 Å². The monoisotopic (exact) mass is 231 g/mol. The first-order valence-corrected chi connectivity index (χ1v) is 5.54. The summed E-state index contributed by atoms with van der Waals surface area (Å²) in [7, 11) is 1.67. The van der Waals surface area contributed by atoms with Crippen molar-refractivity contribution in [3.05, 3.63) is 47.0 Å². The molecule has 4 heteroatoms. The van der Waals surface area contributed by atoms with Gasteiger partial charge in [-0.05, 0) is 25.0 Å². The normalized spacial score (nSPS) is 12.5. The summed E-state index contributed by atoms with van der Waals surface area (Å²) in [5, 5.41) is 0. The fourth-order valence-electron chi connectivity index (χ4n) is 1.92. The smallest absolute Gasteiger partial charge is 0.127 e. The van der Waals surface area contributed by atoms with Crippen LogP contribution >= 0.6 is 0 Å². The number of hydrogen-bond acceptors (Lipinski definition) is 3. The predicted molar refractivity (Wildman–Crippen MR) is 67.1 cm³/mol. The van der Waals surface area contributed by atoms with Crippen molar-refractivity contribution in [2.45, 2.75) is 19.9 Å². The number of H-pyrrole nitrogens is 1. The minimum absolute atomic E-state index is 0.292. The molecule has 1 aromatic heterocycles. The van der Waals surface area contributed by atoms with E-state index in [9.17, 15) is 0 Å². The summed E-state index contributed by atoms with van der Waals surface area (Å²) in [6.45, 7) is 4.09. The number of nitrogens with zero attached hydrogens (tertiary/aromatic N) is 1. The first kappa shape index (κ1) is 11.7. The SMILES string of the molecule is COc1c(C(N)c2ncc[nH]2)ccc(C)c1C. The molecule has 0 radical (unpaired) electrons. The van der Waals surface area contributed by atoms with Crippen molar-refractivity contribution in [1.82, 2.24) is 9.97 Å². The molecule has 1 atom stereocenters. The molecule has 2 aromatic rings. The summed E-state index contributed by atoms with van der Waals surface area (Å²) >= 11 is 0. The fraction of sp³-hybridized carbons (Fsp3) is 0.308. The maximum Gasteiger partial charge on any atom is 0.127 e. The van der Waals surface area contributed by atoms with E-state index in [0.717, 1.165) is 22.7 Å². The van der Waals surface area contributed by atoms with Crippen LogP contribution in [0.1, 0.15) is 28.6 Å². The summed E-state index contributed by atoms with van der Waals surface area (Å²) in [5.74, 6) is 1.58. The highest BCUT2D eigenvalue weighted by Gasteiger charge is 2.18. The van der Waals surface area contributed by atoms with Crippen LogP contribution in [0.15, 0.2) is 24.5 Å². The molecule has 3 N–H and O–H groups in total. The standard InChI is InChI=1S/C13H17N3O/c1-8-4-5-10(12(17-3)9(8)2)11(14)13-15-6-7-16-13/h4-7,11H,14H2,1-3H3,(H,15,16). The van der Waals surface area contributed by atoms with Gasteiger partial charge in [0.25, 0.3) is 0 Å². The molecule has 2 rings (SSSR count). The number of benzene rings is 1. The van der Waals surface area contributed by atoms with Gasteiger partial charge in [0.05, 0.1) is 13.2 Å². The van der Waals surface area contributed by atoms with Crippen molar-refractivity contribution in [3.63, 3.8) is 0 Å². The Bertz CT molecular complexity index is 506. The minimum Gasteiger partial charge on any atom is -0.496 e. The quantitative estimate of drug-likeness (QED) is 0.850. The van der Waals surface area contributed by atoms with Crippen LogP contribution in [-0.4, -0.2) is 17.1 Å². The molecule has 0 saturated heterocycles. The molecule has 0 bridgehead atoms. The highest BCUT2D eigenvalue weighted by atomic mass is 16.5. The van der Waals surface area contributed by atoms with Crippen molar-refractivity contribution in [2.24, 2.45) is 5.73 Å². The average Bonchev–Trinajstić information content (AvgIpc) is 2.85. The molecule has 1 aromatic carbocycles. The van der Waals surface area contributed by atoms with Crippen molar-refractivity contribution in [1.29, 1.82) is 0 Å². The van der Waals surface area contributed by atoms with Crippen LogP contribution in [0.2, 0.25) is 0 Å². The van der Waals surface area contributed by atoms with Crippen molar-refractivity contribution >= 4 is 0 Å². The third kappa shape index (κ3) is 2.03. The number of aryl methyl sites for hydroxylation is 1. The molecular formula is C13H17N3O. The van der Waals surface area contributed by atoms with Gasteiger partial charge >= 0.3 is 0 Å². The van der Waals surface area contributed by atoms with Crippen LogP contribution in [-0.2, 0) is 0 Å². The van der Waals surface area contributed by atoms with Crippen LogP contribution in [0, 0.1) is 13.8 Å². The van der Waals surface area contributed by atoms with E-state index in [4.69, 9.17) is 10.5 Å². The Hall–Kier alpha value is -1.81. The molecule has 1 heterocycles. The number of hydrogen-bond donors (Lipinski definition) is 2. The molecule has 0 spiro atoms. The highest BCUT2D eigenvalue weighted by molar-refractivity contribution is 5.48. The molecule has 0 amide bonds. The van der Waals surface area contributed by atoms with Crippen LogP contribution in [0.3, 0.4) is 0 Å². The molecule has 0 saturated carbocycles. The molecule has 17 heavy (non-hydrogen) atoms. The Labute approximate surface area is 101 Å². The van der Waals surface area contributed by atoms with Crippen LogP contribution < -0.4 is 10.5 Å². The highest BCUT2D eigenvalue weighted by Crippen LogP contribution is 2.31. The number of ether oxygens (including phenoxy) is 1. The van der Waals surface area contributed by atoms with E-state index in [1.807, 2.05) is 13.0 Å². The number of methoxy groups -OCH3 is 1. The first-order valence-electron chi connectivity index (χ1n) is 5.54. The van der Waals surface area contributed by atoms with Gasteiger partial charge in [0.2, 0.25) is 0 Å². The minimum atomic E-state index is -0.292. The second kappa shape index (κ2) is 4.59. The molecule has 90 valence electrons. The zero-order valence-corrected chi connectivity index (χ0v) is 10.3. The molecular weight excluding hydrogens is 214 g/mol. The summed E-state index contributed by atoms with van der Waals surface area (Å²) in [5.41, 5.74) is 9.44. The summed E-state index contributed by atoms with van der Waals surface area (Å²) in [4.78, 5) is 7.21. The Balaban J connectivity index is 2.49. The van der Waals surface area contributed by atoms with Crippen LogP contribution in [0.25, 0.3) is 0 Å². The maximum atomic E-state index is 6.18. The number of aromatic amines is 1. The zero-order valence-electron chi connectivity index (χ0n) is 10.3. The Morgan fingerprint density at radius 3 is 2.71 bits per heavy atom. The lowest BCUT2D eigenvalue weighted by Gasteiger charge is -2.17. The van der Waals surface area contributed by atoms with E-state index < -0.39 is 0 Å².